The Morgan fingerprint density at radius 3 is 2.81 bits per heavy atom. The average Bonchev–Trinajstić information content (AvgIpc) is 2.97. The summed E-state index contributed by atoms with van der Waals surface area (Å²) in [5.41, 5.74) is 6.05. The molecule has 0 saturated carbocycles. The molecule has 112 valence electrons. The van der Waals surface area contributed by atoms with Crippen LogP contribution in [0.5, 0.6) is 11.5 Å². The van der Waals surface area contributed by atoms with Crippen molar-refractivity contribution in [2.75, 3.05) is 26.9 Å². The molecule has 0 bridgehead atoms. The minimum Gasteiger partial charge on any atom is -0.486 e. The molecule has 0 saturated heterocycles. The number of benzene rings is 1. The van der Waals surface area contributed by atoms with Crippen LogP contribution in [-0.2, 0) is 10.3 Å². The Hall–Kier alpha value is -2.12. The number of rotatable bonds is 4. The lowest BCUT2D eigenvalue weighted by atomic mass is 10.1. The standard InChI is InChI=1S/C14H17N3O4/c1-14(15,8-18-2)13-16-12(21-17-13)9-3-4-10-11(7-9)20-6-5-19-10/h3-4,7H,5-6,8,15H2,1-2H3. The van der Waals surface area contributed by atoms with Gasteiger partial charge in [0.25, 0.3) is 5.89 Å². The molecule has 1 aliphatic heterocycles. The topological polar surface area (TPSA) is 92.6 Å². The van der Waals surface area contributed by atoms with Gasteiger partial charge in [0.1, 0.15) is 18.8 Å². The minimum atomic E-state index is -0.801. The molecule has 0 fully saturated rings. The molecule has 0 aliphatic carbocycles. The summed E-state index contributed by atoms with van der Waals surface area (Å²) < 4.78 is 21.4. The van der Waals surface area contributed by atoms with Crippen molar-refractivity contribution in [2.45, 2.75) is 12.5 Å². The predicted molar refractivity (Wildman–Crippen MR) is 74.1 cm³/mol. The van der Waals surface area contributed by atoms with Gasteiger partial charge in [-0.15, -0.1) is 0 Å². The maximum atomic E-state index is 6.10. The Morgan fingerprint density at radius 2 is 2.05 bits per heavy atom. The Kier molecular flexibility index (Phi) is 3.52. The monoisotopic (exact) mass is 291 g/mol. The van der Waals surface area contributed by atoms with Crippen molar-refractivity contribution in [3.63, 3.8) is 0 Å². The van der Waals surface area contributed by atoms with Crippen LogP contribution >= 0.6 is 0 Å². The Bertz CT molecular complexity index is 639. The number of hydrogen-bond acceptors (Lipinski definition) is 7. The quantitative estimate of drug-likeness (QED) is 0.908. The van der Waals surface area contributed by atoms with E-state index < -0.39 is 5.54 Å². The summed E-state index contributed by atoms with van der Waals surface area (Å²) in [6.45, 7) is 3.17. The lowest BCUT2D eigenvalue weighted by Gasteiger charge is -2.18. The Labute approximate surface area is 122 Å². The summed E-state index contributed by atoms with van der Waals surface area (Å²) in [6, 6.07) is 5.48. The molecule has 21 heavy (non-hydrogen) atoms. The van der Waals surface area contributed by atoms with Gasteiger partial charge < -0.3 is 24.5 Å². The van der Waals surface area contributed by atoms with E-state index in [1.54, 1.807) is 14.0 Å². The lowest BCUT2D eigenvalue weighted by molar-refractivity contribution is 0.135. The van der Waals surface area contributed by atoms with Crippen molar-refractivity contribution in [1.82, 2.24) is 10.1 Å². The summed E-state index contributed by atoms with van der Waals surface area (Å²) >= 11 is 0. The third-order valence-corrected chi connectivity index (χ3v) is 3.17. The Morgan fingerprint density at radius 1 is 1.29 bits per heavy atom. The number of hydrogen-bond donors (Lipinski definition) is 1. The SMILES string of the molecule is COCC(C)(N)c1noc(-c2ccc3c(c2)OCCO3)n1. The van der Waals surface area contributed by atoms with Crippen LogP contribution in [0, 0.1) is 0 Å². The number of aromatic nitrogens is 2. The van der Waals surface area contributed by atoms with E-state index in [1.165, 1.54) is 0 Å². The molecular weight excluding hydrogens is 274 g/mol. The van der Waals surface area contributed by atoms with E-state index in [4.69, 9.17) is 24.5 Å². The van der Waals surface area contributed by atoms with Crippen molar-refractivity contribution in [3.8, 4) is 23.0 Å². The predicted octanol–water partition coefficient (Wildman–Crippen LogP) is 1.33. The highest BCUT2D eigenvalue weighted by Crippen LogP contribution is 2.34. The number of nitrogens with two attached hydrogens (primary N) is 1. The fraction of sp³-hybridized carbons (Fsp3) is 0.429. The maximum absolute atomic E-state index is 6.10. The number of fused-ring (bicyclic) bond motifs is 1. The summed E-state index contributed by atoms with van der Waals surface area (Å²) in [5.74, 6) is 2.17. The van der Waals surface area contributed by atoms with Gasteiger partial charge in [0.2, 0.25) is 0 Å². The first kappa shape index (κ1) is 13.8. The van der Waals surface area contributed by atoms with Crippen LogP contribution in [0.3, 0.4) is 0 Å². The van der Waals surface area contributed by atoms with Gasteiger partial charge in [-0.25, -0.2) is 0 Å². The van der Waals surface area contributed by atoms with Gasteiger partial charge in [0, 0.05) is 12.7 Å². The minimum absolute atomic E-state index is 0.299. The second-order valence-electron chi connectivity index (χ2n) is 5.13. The molecule has 1 aliphatic rings. The zero-order chi connectivity index (χ0) is 14.9. The molecule has 2 N–H and O–H groups in total. The maximum Gasteiger partial charge on any atom is 0.258 e. The van der Waals surface area contributed by atoms with Gasteiger partial charge >= 0.3 is 0 Å². The van der Waals surface area contributed by atoms with Gasteiger partial charge in [-0.05, 0) is 25.1 Å². The van der Waals surface area contributed by atoms with Crippen molar-refractivity contribution >= 4 is 0 Å². The molecule has 0 radical (unpaired) electrons. The van der Waals surface area contributed by atoms with Crippen LogP contribution < -0.4 is 15.2 Å². The molecule has 7 heteroatoms. The molecule has 2 aromatic rings. The smallest absolute Gasteiger partial charge is 0.258 e. The van der Waals surface area contributed by atoms with Crippen LogP contribution in [0.1, 0.15) is 12.7 Å². The summed E-state index contributed by atoms with van der Waals surface area (Å²) in [5, 5.41) is 3.93. The van der Waals surface area contributed by atoms with E-state index in [0.29, 0.717) is 43.0 Å². The van der Waals surface area contributed by atoms with Crippen LogP contribution in [0.15, 0.2) is 22.7 Å². The molecule has 1 atom stereocenters. The molecule has 0 amide bonds. The Balaban J connectivity index is 1.89. The van der Waals surface area contributed by atoms with Gasteiger partial charge in [-0.2, -0.15) is 4.98 Å². The van der Waals surface area contributed by atoms with Gasteiger partial charge in [-0.1, -0.05) is 5.16 Å². The second kappa shape index (κ2) is 5.34. The highest BCUT2D eigenvalue weighted by Gasteiger charge is 2.28. The van der Waals surface area contributed by atoms with E-state index in [1.807, 2.05) is 18.2 Å². The third-order valence-electron chi connectivity index (χ3n) is 3.17. The first-order valence-electron chi connectivity index (χ1n) is 6.62. The van der Waals surface area contributed by atoms with Crippen molar-refractivity contribution in [3.05, 3.63) is 24.0 Å². The van der Waals surface area contributed by atoms with E-state index in [9.17, 15) is 0 Å². The molecule has 0 spiro atoms. The molecule has 1 unspecified atom stereocenters. The van der Waals surface area contributed by atoms with Crippen LogP contribution in [0.25, 0.3) is 11.5 Å². The number of nitrogens with zero attached hydrogens (tertiary/aromatic N) is 2. The number of methoxy groups -OCH3 is 1. The number of ether oxygens (including phenoxy) is 3. The summed E-state index contributed by atoms with van der Waals surface area (Å²) in [4.78, 5) is 4.34. The normalized spacial score (nSPS) is 16.5. The van der Waals surface area contributed by atoms with E-state index in [-0.39, 0.29) is 0 Å². The third kappa shape index (κ3) is 2.70. The first-order valence-corrected chi connectivity index (χ1v) is 6.62. The zero-order valence-corrected chi connectivity index (χ0v) is 12.0. The van der Waals surface area contributed by atoms with Crippen LogP contribution in [-0.4, -0.2) is 37.1 Å². The highest BCUT2D eigenvalue weighted by molar-refractivity contribution is 5.60. The zero-order valence-electron chi connectivity index (χ0n) is 12.0. The van der Waals surface area contributed by atoms with Crippen molar-refractivity contribution < 1.29 is 18.7 Å². The molecule has 7 nitrogen and oxygen atoms in total. The van der Waals surface area contributed by atoms with Crippen molar-refractivity contribution in [2.24, 2.45) is 5.73 Å². The summed E-state index contributed by atoms with van der Waals surface area (Å²) in [7, 11) is 1.58. The molecule has 1 aromatic carbocycles. The highest BCUT2D eigenvalue weighted by atomic mass is 16.6. The average molecular weight is 291 g/mol. The van der Waals surface area contributed by atoms with Crippen LogP contribution in [0.2, 0.25) is 0 Å². The van der Waals surface area contributed by atoms with Gasteiger partial charge in [-0.3, -0.25) is 0 Å². The van der Waals surface area contributed by atoms with Crippen molar-refractivity contribution in [1.29, 1.82) is 0 Å². The second-order valence-corrected chi connectivity index (χ2v) is 5.13. The molecular formula is C14H17N3O4. The summed E-state index contributed by atoms with van der Waals surface area (Å²) in [6.07, 6.45) is 0. The fourth-order valence-corrected chi connectivity index (χ4v) is 2.11. The molecule has 2 heterocycles. The largest absolute Gasteiger partial charge is 0.486 e. The van der Waals surface area contributed by atoms with Gasteiger partial charge in [0.15, 0.2) is 17.3 Å². The van der Waals surface area contributed by atoms with E-state index >= 15 is 0 Å². The van der Waals surface area contributed by atoms with E-state index in [2.05, 4.69) is 10.1 Å². The molecule has 3 rings (SSSR count). The van der Waals surface area contributed by atoms with E-state index in [0.717, 1.165) is 5.56 Å². The molecule has 1 aromatic heterocycles. The lowest BCUT2D eigenvalue weighted by Crippen LogP contribution is -2.38. The first-order chi connectivity index (χ1) is 10.1. The van der Waals surface area contributed by atoms with Crippen LogP contribution in [0.4, 0.5) is 0 Å². The van der Waals surface area contributed by atoms with Gasteiger partial charge in [0.05, 0.1) is 6.61 Å². The fourth-order valence-electron chi connectivity index (χ4n) is 2.11.